The zero-order chi connectivity index (χ0) is 14.8. The molecular weight excluding hydrogens is 302 g/mol. The number of nitrogens with one attached hydrogen (secondary N) is 1. The molecule has 2 heterocycles. The van der Waals surface area contributed by atoms with E-state index in [1.54, 1.807) is 11.3 Å². The van der Waals surface area contributed by atoms with Crippen LogP contribution in [-0.2, 0) is 19.3 Å². The van der Waals surface area contributed by atoms with Crippen LogP contribution in [0.2, 0.25) is 0 Å². The van der Waals surface area contributed by atoms with Crippen molar-refractivity contribution in [2.75, 3.05) is 5.32 Å². The van der Waals surface area contributed by atoms with E-state index in [2.05, 4.69) is 22.2 Å². The van der Waals surface area contributed by atoms with E-state index >= 15 is 0 Å². The highest BCUT2D eigenvalue weighted by molar-refractivity contribution is 7.16. The number of carbonyl (C=O) groups excluding carboxylic acids is 1. The zero-order valence-electron chi connectivity index (χ0n) is 12.4. The molecule has 112 valence electrons. The Hall–Kier alpha value is -1.27. The lowest BCUT2D eigenvalue weighted by molar-refractivity contribution is 0.102. The van der Waals surface area contributed by atoms with E-state index in [0.29, 0.717) is 0 Å². The maximum absolute atomic E-state index is 12.5. The van der Waals surface area contributed by atoms with Crippen molar-refractivity contribution in [3.05, 3.63) is 26.1 Å². The minimum atomic E-state index is -0.0564. The molecule has 0 unspecified atom stereocenters. The maximum Gasteiger partial charge on any atom is 0.269 e. The molecule has 4 nitrogen and oxygen atoms in total. The summed E-state index contributed by atoms with van der Waals surface area (Å²) in [6, 6.07) is 0. The van der Waals surface area contributed by atoms with Crippen LogP contribution in [0.5, 0.6) is 0 Å². The van der Waals surface area contributed by atoms with Crippen LogP contribution in [0, 0.1) is 6.92 Å². The molecule has 0 saturated carbocycles. The van der Waals surface area contributed by atoms with Crippen molar-refractivity contribution >= 4 is 33.7 Å². The summed E-state index contributed by atoms with van der Waals surface area (Å²) in [4.78, 5) is 23.6. The maximum atomic E-state index is 12.5. The molecule has 2 aromatic heterocycles. The molecule has 0 fully saturated rings. The van der Waals surface area contributed by atoms with Crippen molar-refractivity contribution in [3.8, 4) is 0 Å². The summed E-state index contributed by atoms with van der Waals surface area (Å²) in [7, 11) is 0. The van der Waals surface area contributed by atoms with Gasteiger partial charge in [0.15, 0.2) is 5.13 Å². The number of aromatic nitrogens is 2. The molecule has 0 atom stereocenters. The Morgan fingerprint density at radius 1 is 1.29 bits per heavy atom. The molecule has 0 spiro atoms. The lowest BCUT2D eigenvalue weighted by Crippen LogP contribution is -2.12. The van der Waals surface area contributed by atoms with Gasteiger partial charge in [-0.3, -0.25) is 10.1 Å². The van der Waals surface area contributed by atoms with E-state index in [9.17, 15) is 4.79 Å². The smallest absolute Gasteiger partial charge is 0.269 e. The number of fused-ring (bicyclic) bond motifs is 1. The molecule has 0 bridgehead atoms. The van der Waals surface area contributed by atoms with Gasteiger partial charge >= 0.3 is 0 Å². The summed E-state index contributed by atoms with van der Waals surface area (Å²) in [5, 5.41) is 4.64. The van der Waals surface area contributed by atoms with Crippen molar-refractivity contribution in [1.82, 2.24) is 9.97 Å². The molecule has 1 aliphatic carbocycles. The number of aryl methyl sites for hydroxylation is 4. The van der Waals surface area contributed by atoms with Crippen LogP contribution >= 0.6 is 22.7 Å². The number of unbranched alkanes of at least 4 members (excludes halogenated alkanes) is 1. The molecule has 1 aliphatic rings. The molecule has 2 aromatic rings. The lowest BCUT2D eigenvalue weighted by atomic mass is 10.2. The minimum Gasteiger partial charge on any atom is -0.297 e. The Morgan fingerprint density at radius 2 is 2.14 bits per heavy atom. The fourth-order valence-electron chi connectivity index (χ4n) is 2.56. The first-order chi connectivity index (χ1) is 10.2. The Kier molecular flexibility index (Phi) is 4.35. The van der Waals surface area contributed by atoms with Crippen LogP contribution in [0.4, 0.5) is 5.13 Å². The second kappa shape index (κ2) is 6.23. The fourth-order valence-corrected chi connectivity index (χ4v) is 4.46. The highest BCUT2D eigenvalue weighted by Gasteiger charge is 2.21. The Bertz CT molecular complexity index is 638. The van der Waals surface area contributed by atoms with Gasteiger partial charge in [-0.2, -0.15) is 0 Å². The van der Waals surface area contributed by atoms with Gasteiger partial charge in [0.2, 0.25) is 0 Å². The molecule has 6 heteroatoms. The van der Waals surface area contributed by atoms with E-state index in [1.165, 1.54) is 28.3 Å². The number of carbonyl (C=O) groups is 1. The monoisotopic (exact) mass is 321 g/mol. The van der Waals surface area contributed by atoms with Gasteiger partial charge in [-0.1, -0.05) is 13.3 Å². The molecule has 1 N–H and O–H groups in total. The first-order valence-electron chi connectivity index (χ1n) is 7.43. The van der Waals surface area contributed by atoms with Gasteiger partial charge in [-0.05, 0) is 39.0 Å². The van der Waals surface area contributed by atoms with Gasteiger partial charge in [0.25, 0.3) is 5.91 Å². The van der Waals surface area contributed by atoms with E-state index in [-0.39, 0.29) is 5.91 Å². The molecule has 3 rings (SSSR count). The summed E-state index contributed by atoms with van der Waals surface area (Å²) in [6.07, 6.45) is 6.38. The van der Waals surface area contributed by atoms with Crippen LogP contribution in [0.3, 0.4) is 0 Å². The van der Waals surface area contributed by atoms with Gasteiger partial charge in [-0.15, -0.1) is 22.7 Å². The second-order valence-electron chi connectivity index (χ2n) is 5.31. The Labute approximate surface area is 132 Å². The van der Waals surface area contributed by atoms with E-state index in [1.807, 2.05) is 6.92 Å². The third-order valence-corrected chi connectivity index (χ3v) is 5.68. The Morgan fingerprint density at radius 3 is 2.90 bits per heavy atom. The first-order valence-corrected chi connectivity index (χ1v) is 9.07. The van der Waals surface area contributed by atoms with Crippen molar-refractivity contribution in [1.29, 1.82) is 0 Å². The number of hydrogen-bond donors (Lipinski definition) is 1. The van der Waals surface area contributed by atoms with E-state index < -0.39 is 0 Å². The molecule has 0 saturated heterocycles. The summed E-state index contributed by atoms with van der Waals surface area (Å²) >= 11 is 3.09. The number of hydrogen-bond acceptors (Lipinski definition) is 5. The normalized spacial score (nSPS) is 13.4. The summed E-state index contributed by atoms with van der Waals surface area (Å²) < 4.78 is 0. The van der Waals surface area contributed by atoms with Gasteiger partial charge in [-0.25, -0.2) is 9.97 Å². The van der Waals surface area contributed by atoms with Gasteiger partial charge in [0.05, 0.1) is 16.4 Å². The predicted octanol–water partition coefficient (Wildman–Crippen LogP) is 3.99. The molecule has 1 amide bonds. The van der Waals surface area contributed by atoms with Crippen molar-refractivity contribution in [2.24, 2.45) is 0 Å². The average molecular weight is 321 g/mol. The molecule has 0 aromatic carbocycles. The molecular formula is C15H19N3OS2. The number of rotatable bonds is 5. The van der Waals surface area contributed by atoms with Gasteiger partial charge in [0, 0.05) is 4.88 Å². The second-order valence-corrected chi connectivity index (χ2v) is 7.60. The predicted molar refractivity (Wildman–Crippen MR) is 87.6 cm³/mol. The quantitative estimate of drug-likeness (QED) is 0.906. The number of anilines is 1. The fraction of sp³-hybridized carbons (Fsp3) is 0.533. The third kappa shape index (κ3) is 3.16. The van der Waals surface area contributed by atoms with Crippen molar-refractivity contribution < 1.29 is 4.79 Å². The van der Waals surface area contributed by atoms with Crippen LogP contribution < -0.4 is 5.32 Å². The highest BCUT2D eigenvalue weighted by Crippen LogP contribution is 2.31. The van der Waals surface area contributed by atoms with Crippen molar-refractivity contribution in [3.63, 3.8) is 0 Å². The molecule has 21 heavy (non-hydrogen) atoms. The van der Waals surface area contributed by atoms with Crippen LogP contribution in [0.25, 0.3) is 0 Å². The van der Waals surface area contributed by atoms with E-state index in [4.69, 9.17) is 0 Å². The average Bonchev–Trinajstić information content (AvgIpc) is 3.10. The number of nitrogens with zero attached hydrogens (tertiary/aromatic N) is 2. The van der Waals surface area contributed by atoms with Crippen LogP contribution in [0.15, 0.2) is 0 Å². The molecule has 0 radical (unpaired) electrons. The standard InChI is InChI=1S/C15H19N3OS2/c1-3-4-6-11-13(20-9(2)16-11)14(19)18-15-17-10-7-5-8-12(10)21-15/h3-8H2,1-2H3,(H,17,18,19). The topological polar surface area (TPSA) is 54.9 Å². The summed E-state index contributed by atoms with van der Waals surface area (Å²) in [5.74, 6) is -0.0564. The lowest BCUT2D eigenvalue weighted by Gasteiger charge is -2.02. The summed E-state index contributed by atoms with van der Waals surface area (Å²) in [5.41, 5.74) is 2.10. The number of amides is 1. The summed E-state index contributed by atoms with van der Waals surface area (Å²) in [6.45, 7) is 4.10. The van der Waals surface area contributed by atoms with Crippen LogP contribution in [-0.4, -0.2) is 15.9 Å². The van der Waals surface area contributed by atoms with Crippen molar-refractivity contribution in [2.45, 2.75) is 52.4 Å². The largest absolute Gasteiger partial charge is 0.297 e. The third-order valence-electron chi connectivity index (χ3n) is 3.59. The zero-order valence-corrected chi connectivity index (χ0v) is 14.0. The minimum absolute atomic E-state index is 0.0564. The van der Waals surface area contributed by atoms with Crippen LogP contribution in [0.1, 0.15) is 57.1 Å². The van der Waals surface area contributed by atoms with Gasteiger partial charge in [0.1, 0.15) is 4.88 Å². The van der Waals surface area contributed by atoms with Gasteiger partial charge < -0.3 is 0 Å². The first kappa shape index (κ1) is 14.7. The SMILES string of the molecule is CCCCc1nc(C)sc1C(=O)Nc1nc2c(s1)CCC2. The number of thiazole rings is 2. The Balaban J connectivity index is 1.75. The molecule has 0 aliphatic heterocycles. The van der Waals surface area contributed by atoms with E-state index in [0.717, 1.165) is 52.8 Å². The highest BCUT2D eigenvalue weighted by atomic mass is 32.1.